The van der Waals surface area contributed by atoms with Crippen molar-refractivity contribution in [3.05, 3.63) is 51.8 Å². The molecule has 35 heavy (non-hydrogen) atoms. The van der Waals surface area contributed by atoms with Crippen LogP contribution in [0.1, 0.15) is 11.6 Å². The average Bonchev–Trinajstić information content (AvgIpc) is 3.32. The van der Waals surface area contributed by atoms with Gasteiger partial charge in [-0.1, -0.05) is 0 Å². The Hall–Kier alpha value is -3.61. The Bertz CT molecular complexity index is 1220. The Morgan fingerprint density at radius 2 is 1.86 bits per heavy atom. The molecule has 4 rings (SSSR count). The number of hydrogen-bond donors (Lipinski definition) is 2. The SMILES string of the molecule is CN1CCN(c2cc3c(N(CCO)CCO)nc(C=Cc4ccc([N+](=O)[O-])o4)nc3cc2F)CC1. The minimum absolute atomic E-state index is 0.167. The van der Waals surface area contributed by atoms with Crippen LogP contribution in [-0.2, 0) is 0 Å². The number of aliphatic hydroxyl groups is 2. The molecular weight excluding hydrogens is 459 g/mol. The summed E-state index contributed by atoms with van der Waals surface area (Å²) in [4.78, 5) is 25.2. The molecule has 0 bridgehead atoms. The van der Waals surface area contributed by atoms with Gasteiger partial charge >= 0.3 is 5.88 Å². The predicted molar refractivity (Wildman–Crippen MR) is 130 cm³/mol. The predicted octanol–water partition coefficient (Wildman–Crippen LogP) is 1.98. The minimum Gasteiger partial charge on any atom is -0.401 e. The number of nitro groups is 1. The Morgan fingerprint density at radius 1 is 1.14 bits per heavy atom. The van der Waals surface area contributed by atoms with Gasteiger partial charge in [0.05, 0.1) is 30.5 Å². The van der Waals surface area contributed by atoms with Crippen molar-refractivity contribution in [3.8, 4) is 0 Å². The maximum Gasteiger partial charge on any atom is 0.433 e. The van der Waals surface area contributed by atoms with Gasteiger partial charge in [-0.05, 0) is 31.3 Å². The fraction of sp³-hybridized carbons (Fsp3) is 0.391. The second-order valence-electron chi connectivity index (χ2n) is 8.22. The zero-order valence-electron chi connectivity index (χ0n) is 19.3. The molecule has 1 aromatic carbocycles. The van der Waals surface area contributed by atoms with Crippen molar-refractivity contribution in [2.75, 3.05) is 69.3 Å². The molecule has 1 saturated heterocycles. The fourth-order valence-electron chi connectivity index (χ4n) is 4.00. The molecule has 0 unspecified atom stereocenters. The van der Waals surface area contributed by atoms with Crippen molar-refractivity contribution in [1.82, 2.24) is 14.9 Å². The zero-order valence-corrected chi connectivity index (χ0v) is 19.3. The van der Waals surface area contributed by atoms with Crippen LogP contribution in [0.2, 0.25) is 0 Å². The first kappa shape index (κ1) is 24.5. The van der Waals surface area contributed by atoms with E-state index in [1.165, 1.54) is 30.4 Å². The second kappa shape index (κ2) is 10.8. The molecule has 0 atom stereocenters. The van der Waals surface area contributed by atoms with Crippen LogP contribution in [0.3, 0.4) is 0 Å². The third-order valence-electron chi connectivity index (χ3n) is 5.83. The average molecular weight is 487 g/mol. The maximum atomic E-state index is 15.2. The van der Waals surface area contributed by atoms with Crippen LogP contribution in [0.15, 0.2) is 28.7 Å². The minimum atomic E-state index is -0.635. The van der Waals surface area contributed by atoms with E-state index in [-0.39, 0.29) is 43.8 Å². The number of aliphatic hydroxyl groups excluding tert-OH is 2. The number of hydrogen-bond acceptors (Lipinski definition) is 10. The van der Waals surface area contributed by atoms with Gasteiger partial charge in [0.1, 0.15) is 22.3 Å². The molecule has 0 radical (unpaired) electrons. The Morgan fingerprint density at radius 3 is 2.49 bits per heavy atom. The standard InChI is InChI=1S/C23H27FN6O5/c1-27-6-8-28(9-7-27)20-14-17-19(15-18(20)24)25-21(26-23(17)29(10-12-31)11-13-32)4-2-16-3-5-22(35-16)30(33)34/h2-5,14-15,31-32H,6-13H2,1H3. The van der Waals surface area contributed by atoms with E-state index in [0.717, 1.165) is 13.1 Å². The quantitative estimate of drug-likeness (QED) is 0.342. The van der Waals surface area contributed by atoms with Crippen LogP contribution >= 0.6 is 0 Å². The van der Waals surface area contributed by atoms with Gasteiger partial charge in [-0.2, -0.15) is 0 Å². The zero-order chi connectivity index (χ0) is 24.9. The van der Waals surface area contributed by atoms with Crippen molar-refractivity contribution in [2.45, 2.75) is 0 Å². The molecule has 2 aromatic heterocycles. The van der Waals surface area contributed by atoms with E-state index in [2.05, 4.69) is 14.9 Å². The first-order chi connectivity index (χ1) is 16.9. The van der Waals surface area contributed by atoms with Gasteiger partial charge < -0.3 is 29.3 Å². The lowest BCUT2D eigenvalue weighted by Gasteiger charge is -2.34. The van der Waals surface area contributed by atoms with E-state index in [9.17, 15) is 20.3 Å². The van der Waals surface area contributed by atoms with Crippen LogP contribution < -0.4 is 9.80 Å². The number of fused-ring (bicyclic) bond motifs is 1. The lowest BCUT2D eigenvalue weighted by atomic mass is 10.1. The van der Waals surface area contributed by atoms with Crippen LogP contribution in [0, 0.1) is 15.9 Å². The number of piperazine rings is 1. The van der Waals surface area contributed by atoms with Crippen molar-refractivity contribution >= 4 is 40.4 Å². The molecule has 2 N–H and O–H groups in total. The first-order valence-electron chi connectivity index (χ1n) is 11.2. The highest BCUT2D eigenvalue weighted by Crippen LogP contribution is 2.32. The third-order valence-corrected chi connectivity index (χ3v) is 5.83. The summed E-state index contributed by atoms with van der Waals surface area (Å²) in [5.74, 6) is 0.110. The molecule has 0 aliphatic carbocycles. The summed E-state index contributed by atoms with van der Waals surface area (Å²) in [5.41, 5.74) is 0.811. The molecule has 11 nitrogen and oxygen atoms in total. The molecule has 3 aromatic rings. The van der Waals surface area contributed by atoms with Crippen molar-refractivity contribution in [3.63, 3.8) is 0 Å². The molecule has 0 spiro atoms. The molecule has 1 aliphatic rings. The van der Waals surface area contributed by atoms with E-state index in [0.29, 0.717) is 35.5 Å². The van der Waals surface area contributed by atoms with Crippen molar-refractivity contribution < 1.29 is 23.9 Å². The summed E-state index contributed by atoms with van der Waals surface area (Å²) < 4.78 is 20.3. The summed E-state index contributed by atoms with van der Waals surface area (Å²) in [6.07, 6.45) is 2.99. The topological polar surface area (TPSA) is 132 Å². The summed E-state index contributed by atoms with van der Waals surface area (Å²) in [6.45, 7) is 3.08. The van der Waals surface area contributed by atoms with E-state index >= 15 is 4.39 Å². The van der Waals surface area contributed by atoms with Crippen LogP contribution in [-0.4, -0.2) is 89.5 Å². The Labute approximate surface area is 200 Å². The highest BCUT2D eigenvalue weighted by Gasteiger charge is 2.21. The van der Waals surface area contributed by atoms with E-state index < -0.39 is 10.7 Å². The smallest absolute Gasteiger partial charge is 0.401 e. The van der Waals surface area contributed by atoms with Crippen LogP contribution in [0.5, 0.6) is 0 Å². The molecule has 3 heterocycles. The summed E-state index contributed by atoms with van der Waals surface area (Å²) in [7, 11) is 2.03. The molecule has 12 heteroatoms. The molecule has 186 valence electrons. The largest absolute Gasteiger partial charge is 0.433 e. The van der Waals surface area contributed by atoms with Gasteiger partial charge in [-0.15, -0.1) is 0 Å². The van der Waals surface area contributed by atoms with Gasteiger partial charge in [0, 0.05) is 50.7 Å². The fourth-order valence-corrected chi connectivity index (χ4v) is 4.00. The normalized spacial score (nSPS) is 14.8. The molecule has 1 aliphatic heterocycles. The highest BCUT2D eigenvalue weighted by molar-refractivity contribution is 5.93. The van der Waals surface area contributed by atoms with E-state index in [4.69, 9.17) is 4.42 Å². The summed E-state index contributed by atoms with van der Waals surface area (Å²) in [5, 5.41) is 30.6. The number of furan rings is 1. The van der Waals surface area contributed by atoms with Crippen LogP contribution in [0.4, 0.5) is 21.8 Å². The lowest BCUT2D eigenvalue weighted by molar-refractivity contribution is -0.402. The number of benzene rings is 1. The van der Waals surface area contributed by atoms with E-state index in [1.54, 1.807) is 11.0 Å². The van der Waals surface area contributed by atoms with E-state index in [1.807, 2.05) is 11.9 Å². The Kier molecular flexibility index (Phi) is 7.54. The number of anilines is 2. The highest BCUT2D eigenvalue weighted by atomic mass is 19.1. The monoisotopic (exact) mass is 486 g/mol. The maximum absolute atomic E-state index is 15.2. The number of rotatable bonds is 9. The number of halogens is 1. The van der Waals surface area contributed by atoms with Gasteiger partial charge in [0.2, 0.25) is 0 Å². The van der Waals surface area contributed by atoms with Crippen molar-refractivity contribution in [1.29, 1.82) is 0 Å². The molecular formula is C23H27FN6O5. The second-order valence-corrected chi connectivity index (χ2v) is 8.22. The number of nitrogens with zero attached hydrogens (tertiary/aromatic N) is 6. The number of likely N-dealkylation sites (N-methyl/N-ethyl adjacent to an activating group) is 1. The summed E-state index contributed by atoms with van der Waals surface area (Å²) >= 11 is 0. The Balaban J connectivity index is 1.78. The summed E-state index contributed by atoms with van der Waals surface area (Å²) in [6, 6.07) is 5.77. The molecule has 0 amide bonds. The van der Waals surface area contributed by atoms with Gasteiger partial charge in [0.25, 0.3) is 0 Å². The van der Waals surface area contributed by atoms with Gasteiger partial charge in [0.15, 0.2) is 5.82 Å². The lowest BCUT2D eigenvalue weighted by Crippen LogP contribution is -2.44. The first-order valence-corrected chi connectivity index (χ1v) is 11.2. The van der Waals surface area contributed by atoms with Gasteiger partial charge in [-0.3, -0.25) is 10.1 Å². The molecule has 0 saturated carbocycles. The number of aromatic nitrogens is 2. The van der Waals surface area contributed by atoms with Crippen molar-refractivity contribution in [2.24, 2.45) is 0 Å². The van der Waals surface area contributed by atoms with Gasteiger partial charge in [-0.25, -0.2) is 14.4 Å². The molecule has 1 fully saturated rings. The van der Waals surface area contributed by atoms with Crippen LogP contribution in [0.25, 0.3) is 23.1 Å². The third kappa shape index (κ3) is 5.56.